The average Bonchev–Trinajstić information content (AvgIpc) is 2.91. The number of amidine groups is 1. The van der Waals surface area contributed by atoms with E-state index in [1.165, 1.54) is 11.8 Å². The predicted octanol–water partition coefficient (Wildman–Crippen LogP) is 3.63. The van der Waals surface area contributed by atoms with Crippen molar-refractivity contribution in [1.82, 2.24) is 5.32 Å². The van der Waals surface area contributed by atoms with Gasteiger partial charge in [-0.05, 0) is 11.6 Å². The van der Waals surface area contributed by atoms with Gasteiger partial charge in [-0.15, -0.1) is 5.10 Å². The average molecular weight is 330 g/mol. The number of thioether (sulfide) groups is 1. The third-order valence-electron chi connectivity index (χ3n) is 3.05. The first-order valence-electron chi connectivity index (χ1n) is 6.62. The summed E-state index contributed by atoms with van der Waals surface area (Å²) in [4.78, 5) is 12.0. The molecule has 0 spiro atoms. The Balaban J connectivity index is 1.72. The fraction of sp³-hybridized carbons (Fsp3) is 0.0625. The van der Waals surface area contributed by atoms with Crippen molar-refractivity contribution in [1.29, 1.82) is 0 Å². The molecule has 2 aromatic rings. The third kappa shape index (κ3) is 3.37. The van der Waals surface area contributed by atoms with E-state index in [1.54, 1.807) is 12.3 Å². The molecule has 1 heterocycles. The first kappa shape index (κ1) is 14.8. The van der Waals surface area contributed by atoms with Gasteiger partial charge in [0.05, 0.1) is 6.21 Å². The Morgan fingerprint density at radius 1 is 1.09 bits per heavy atom. The molecule has 3 rings (SSSR count). The highest BCUT2D eigenvalue weighted by Crippen LogP contribution is 2.34. The SMILES string of the molecule is O=C1N/C(=N\N=C/c2ccccc2Cl)SC1c1ccccc1. The molecule has 0 aromatic heterocycles. The van der Waals surface area contributed by atoms with Crippen LogP contribution in [0.5, 0.6) is 0 Å². The van der Waals surface area contributed by atoms with Crippen molar-refractivity contribution in [3.63, 3.8) is 0 Å². The lowest BCUT2D eigenvalue weighted by molar-refractivity contribution is -0.118. The molecular formula is C16H12ClN3OS. The molecule has 1 saturated heterocycles. The van der Waals surface area contributed by atoms with Crippen LogP contribution in [0.4, 0.5) is 0 Å². The highest BCUT2D eigenvalue weighted by Gasteiger charge is 2.31. The van der Waals surface area contributed by atoms with Gasteiger partial charge < -0.3 is 5.32 Å². The van der Waals surface area contributed by atoms with Crippen LogP contribution in [-0.4, -0.2) is 17.3 Å². The van der Waals surface area contributed by atoms with Gasteiger partial charge in [-0.3, -0.25) is 4.79 Å². The van der Waals surface area contributed by atoms with E-state index >= 15 is 0 Å². The molecule has 1 N–H and O–H groups in total. The quantitative estimate of drug-likeness (QED) is 0.690. The maximum atomic E-state index is 12.0. The molecular weight excluding hydrogens is 318 g/mol. The van der Waals surface area contributed by atoms with Gasteiger partial charge in [0.15, 0.2) is 5.17 Å². The molecule has 2 aromatic carbocycles. The van der Waals surface area contributed by atoms with Gasteiger partial charge in [-0.1, -0.05) is 71.9 Å². The Hall–Kier alpha value is -2.11. The molecule has 1 atom stereocenters. The van der Waals surface area contributed by atoms with Crippen molar-refractivity contribution < 1.29 is 4.79 Å². The van der Waals surface area contributed by atoms with Crippen molar-refractivity contribution in [3.8, 4) is 0 Å². The zero-order valence-electron chi connectivity index (χ0n) is 11.4. The smallest absolute Gasteiger partial charge is 0.244 e. The Labute approximate surface area is 137 Å². The summed E-state index contributed by atoms with van der Waals surface area (Å²) < 4.78 is 0. The lowest BCUT2D eigenvalue weighted by Crippen LogP contribution is -2.21. The van der Waals surface area contributed by atoms with Crippen LogP contribution in [0.25, 0.3) is 0 Å². The number of hydrogen-bond acceptors (Lipinski definition) is 4. The van der Waals surface area contributed by atoms with Crippen molar-refractivity contribution in [2.75, 3.05) is 0 Å². The van der Waals surface area contributed by atoms with Crippen LogP contribution in [0.1, 0.15) is 16.4 Å². The number of nitrogens with zero attached hydrogens (tertiary/aromatic N) is 2. The lowest BCUT2D eigenvalue weighted by atomic mass is 10.1. The van der Waals surface area contributed by atoms with E-state index in [-0.39, 0.29) is 11.2 Å². The standard InChI is InChI=1S/C16H12ClN3OS/c17-13-9-5-4-8-12(13)10-18-20-16-19-15(21)14(22-16)11-6-2-1-3-7-11/h1-10,14H,(H,19,20,21)/b18-10-. The van der Waals surface area contributed by atoms with E-state index in [9.17, 15) is 4.79 Å². The number of amides is 1. The first-order chi connectivity index (χ1) is 10.7. The Bertz CT molecular complexity index is 746. The van der Waals surface area contributed by atoms with Gasteiger partial charge in [0, 0.05) is 10.6 Å². The van der Waals surface area contributed by atoms with Crippen molar-refractivity contribution in [3.05, 3.63) is 70.7 Å². The minimum absolute atomic E-state index is 0.0807. The molecule has 0 aliphatic carbocycles. The number of carbonyl (C=O) groups is 1. The summed E-state index contributed by atoms with van der Waals surface area (Å²) in [5.41, 5.74) is 1.73. The van der Waals surface area contributed by atoms with Crippen LogP contribution >= 0.6 is 23.4 Å². The summed E-state index contributed by atoms with van der Waals surface area (Å²) in [5.74, 6) is -0.0807. The first-order valence-corrected chi connectivity index (χ1v) is 7.88. The number of nitrogens with one attached hydrogen (secondary N) is 1. The maximum absolute atomic E-state index is 12.0. The van der Waals surface area contributed by atoms with E-state index in [0.29, 0.717) is 10.2 Å². The minimum atomic E-state index is -0.282. The summed E-state index contributed by atoms with van der Waals surface area (Å²) >= 11 is 7.39. The maximum Gasteiger partial charge on any atom is 0.244 e. The number of halogens is 1. The molecule has 1 aliphatic heterocycles. The Kier molecular flexibility index (Phi) is 4.56. The normalized spacial score (nSPS) is 19.8. The van der Waals surface area contributed by atoms with Crippen LogP contribution in [0.15, 0.2) is 64.8 Å². The summed E-state index contributed by atoms with van der Waals surface area (Å²) in [7, 11) is 0. The Morgan fingerprint density at radius 2 is 1.82 bits per heavy atom. The minimum Gasteiger partial charge on any atom is -0.302 e. The summed E-state index contributed by atoms with van der Waals surface area (Å²) in [6.45, 7) is 0. The number of rotatable bonds is 3. The molecule has 1 aliphatic rings. The van der Waals surface area contributed by atoms with E-state index in [0.717, 1.165) is 11.1 Å². The van der Waals surface area contributed by atoms with Gasteiger partial charge in [-0.2, -0.15) is 5.10 Å². The molecule has 0 radical (unpaired) electrons. The second kappa shape index (κ2) is 6.77. The number of benzene rings is 2. The summed E-state index contributed by atoms with van der Waals surface area (Å²) in [5, 5.41) is 11.6. The van der Waals surface area contributed by atoms with Crippen molar-refractivity contribution in [2.45, 2.75) is 5.25 Å². The highest BCUT2D eigenvalue weighted by atomic mass is 35.5. The molecule has 0 bridgehead atoms. The van der Waals surface area contributed by atoms with Crippen molar-refractivity contribution >= 4 is 40.7 Å². The van der Waals surface area contributed by atoms with Crippen LogP contribution < -0.4 is 5.32 Å². The van der Waals surface area contributed by atoms with E-state index < -0.39 is 0 Å². The van der Waals surface area contributed by atoms with E-state index in [2.05, 4.69) is 15.5 Å². The highest BCUT2D eigenvalue weighted by molar-refractivity contribution is 8.15. The molecule has 1 fully saturated rings. The summed E-state index contributed by atoms with van der Waals surface area (Å²) in [6.07, 6.45) is 1.57. The second-order valence-corrected chi connectivity index (χ2v) is 6.07. The van der Waals surface area contributed by atoms with E-state index in [1.807, 2.05) is 48.5 Å². The number of carbonyl (C=O) groups excluding carboxylic acids is 1. The van der Waals surface area contributed by atoms with Crippen LogP contribution in [-0.2, 0) is 4.79 Å². The molecule has 0 saturated carbocycles. The fourth-order valence-corrected chi connectivity index (χ4v) is 3.11. The predicted molar refractivity (Wildman–Crippen MR) is 91.4 cm³/mol. The molecule has 22 heavy (non-hydrogen) atoms. The second-order valence-electron chi connectivity index (χ2n) is 4.57. The van der Waals surface area contributed by atoms with Gasteiger partial charge in [0.1, 0.15) is 5.25 Å². The molecule has 1 amide bonds. The monoisotopic (exact) mass is 329 g/mol. The molecule has 110 valence electrons. The number of hydrogen-bond donors (Lipinski definition) is 1. The molecule has 4 nitrogen and oxygen atoms in total. The largest absolute Gasteiger partial charge is 0.302 e. The van der Waals surface area contributed by atoms with E-state index in [4.69, 9.17) is 11.6 Å². The van der Waals surface area contributed by atoms with Gasteiger partial charge >= 0.3 is 0 Å². The molecule has 6 heteroatoms. The van der Waals surface area contributed by atoms with Gasteiger partial charge in [-0.25, -0.2) is 0 Å². The van der Waals surface area contributed by atoms with Gasteiger partial charge in [0.25, 0.3) is 0 Å². The van der Waals surface area contributed by atoms with Crippen molar-refractivity contribution in [2.24, 2.45) is 10.2 Å². The third-order valence-corrected chi connectivity index (χ3v) is 4.52. The zero-order valence-corrected chi connectivity index (χ0v) is 13.0. The van der Waals surface area contributed by atoms with Crippen LogP contribution in [0.3, 0.4) is 0 Å². The lowest BCUT2D eigenvalue weighted by Gasteiger charge is -2.03. The Morgan fingerprint density at radius 3 is 2.59 bits per heavy atom. The van der Waals surface area contributed by atoms with Crippen LogP contribution in [0.2, 0.25) is 5.02 Å². The van der Waals surface area contributed by atoms with Gasteiger partial charge in [0.2, 0.25) is 5.91 Å². The summed E-state index contributed by atoms with van der Waals surface area (Å²) in [6, 6.07) is 16.9. The fourth-order valence-electron chi connectivity index (χ4n) is 1.98. The topological polar surface area (TPSA) is 53.8 Å². The van der Waals surface area contributed by atoms with Crippen LogP contribution in [0, 0.1) is 0 Å². The molecule has 1 unspecified atom stereocenters. The zero-order chi connectivity index (χ0) is 15.4.